The van der Waals surface area contributed by atoms with Gasteiger partial charge in [-0.05, 0) is 25.2 Å². The molecule has 2 unspecified atom stereocenters. The van der Waals surface area contributed by atoms with Crippen molar-refractivity contribution in [2.24, 2.45) is 0 Å². The average Bonchev–Trinajstić information content (AvgIpc) is 3.14. The molecule has 0 N–H and O–H groups in total. The van der Waals surface area contributed by atoms with E-state index < -0.39 is 0 Å². The molecule has 3 aromatic rings. The van der Waals surface area contributed by atoms with Gasteiger partial charge >= 0.3 is 5.97 Å². The first kappa shape index (κ1) is 18.8. The molecule has 4 heterocycles. The zero-order valence-corrected chi connectivity index (χ0v) is 16.7. The van der Waals surface area contributed by atoms with Crippen LogP contribution in [0.5, 0.6) is 0 Å². The second-order valence-corrected chi connectivity index (χ2v) is 7.95. The topological polar surface area (TPSA) is 80.4 Å². The number of piperidine rings is 1. The summed E-state index contributed by atoms with van der Waals surface area (Å²) in [5.74, 6) is -0.312. The number of para-hydroxylation sites is 1. The average molecular weight is 402 g/mol. The Hall–Kier alpha value is -3.21. The number of morpholine rings is 1. The number of fused-ring (bicyclic) bond motifs is 3. The summed E-state index contributed by atoms with van der Waals surface area (Å²) < 4.78 is 13.5. The summed E-state index contributed by atoms with van der Waals surface area (Å²) in [5.41, 5.74) is 2.52. The molecule has 5 rings (SSSR count). The van der Waals surface area contributed by atoms with Crippen LogP contribution in [-0.2, 0) is 9.47 Å². The van der Waals surface area contributed by atoms with Gasteiger partial charge in [-0.3, -0.25) is 4.90 Å². The van der Waals surface area contributed by atoms with Gasteiger partial charge in [0.2, 0.25) is 0 Å². The van der Waals surface area contributed by atoms with E-state index in [1.54, 1.807) is 18.5 Å². The van der Waals surface area contributed by atoms with E-state index in [9.17, 15) is 10.1 Å². The molecule has 2 aliphatic rings. The fourth-order valence-corrected chi connectivity index (χ4v) is 4.54. The number of carbonyl (C=O) groups excluding carboxylic acids is 1. The van der Waals surface area contributed by atoms with Gasteiger partial charge in [-0.2, -0.15) is 5.26 Å². The Balaban J connectivity index is 1.46. The van der Waals surface area contributed by atoms with Crippen molar-refractivity contribution in [3.05, 3.63) is 60.0 Å². The fourth-order valence-electron chi connectivity index (χ4n) is 4.54. The van der Waals surface area contributed by atoms with Crippen LogP contribution in [0.3, 0.4) is 0 Å². The van der Waals surface area contributed by atoms with Crippen LogP contribution < -0.4 is 0 Å². The molecule has 1 aromatic carbocycles. The predicted octanol–water partition coefficient (Wildman–Crippen LogP) is 2.92. The minimum Gasteiger partial charge on any atom is -0.459 e. The van der Waals surface area contributed by atoms with Crippen molar-refractivity contribution in [3.63, 3.8) is 0 Å². The lowest BCUT2D eigenvalue weighted by molar-refractivity contribution is -0.0970. The summed E-state index contributed by atoms with van der Waals surface area (Å²) in [5, 5.41) is 10.0. The Bertz CT molecular complexity index is 1130. The number of nitrogens with zero attached hydrogens (tertiary/aromatic N) is 4. The third-order valence-electron chi connectivity index (χ3n) is 6.18. The summed E-state index contributed by atoms with van der Waals surface area (Å²) >= 11 is 0. The van der Waals surface area contributed by atoms with Gasteiger partial charge in [-0.1, -0.05) is 18.2 Å². The Morgan fingerprint density at radius 2 is 2.00 bits per heavy atom. The van der Waals surface area contributed by atoms with Gasteiger partial charge < -0.3 is 14.0 Å². The SMILES string of the molecule is CN1C2COCC1CC(OC(=O)c1cn(-c3ccnc(C#N)c3)c3ccccc13)C2. The van der Waals surface area contributed by atoms with Crippen molar-refractivity contribution in [1.82, 2.24) is 14.5 Å². The maximum absolute atomic E-state index is 13.2. The number of nitriles is 1. The molecule has 7 heteroatoms. The van der Waals surface area contributed by atoms with E-state index in [1.165, 1.54) is 0 Å². The van der Waals surface area contributed by atoms with E-state index in [0.717, 1.165) is 29.4 Å². The van der Waals surface area contributed by atoms with Gasteiger partial charge in [0.15, 0.2) is 0 Å². The maximum Gasteiger partial charge on any atom is 0.340 e. The lowest BCUT2D eigenvalue weighted by Crippen LogP contribution is -2.56. The summed E-state index contributed by atoms with van der Waals surface area (Å²) in [4.78, 5) is 19.5. The standard InChI is InChI=1S/C23H22N4O3/c1-26-17-9-19(10-18(26)14-29-13-17)30-23(28)21-12-27(22-5-3-2-4-20(21)22)16-6-7-25-15(8-16)11-24/h2-8,12,17-19H,9-10,13-14H2,1H3. The number of hydrogen-bond acceptors (Lipinski definition) is 6. The molecule has 2 saturated heterocycles. The molecular formula is C23H22N4O3. The Morgan fingerprint density at radius 3 is 2.77 bits per heavy atom. The Kier molecular flexibility index (Phi) is 4.74. The summed E-state index contributed by atoms with van der Waals surface area (Å²) in [6, 6.07) is 13.9. The third-order valence-corrected chi connectivity index (χ3v) is 6.18. The molecule has 2 aromatic heterocycles. The summed E-state index contributed by atoms with van der Waals surface area (Å²) in [7, 11) is 2.12. The van der Waals surface area contributed by atoms with Gasteiger partial charge in [0.1, 0.15) is 17.9 Å². The third kappa shape index (κ3) is 3.24. The minimum atomic E-state index is -0.312. The van der Waals surface area contributed by atoms with Crippen molar-refractivity contribution in [2.75, 3.05) is 20.3 Å². The van der Waals surface area contributed by atoms with E-state index in [4.69, 9.17) is 9.47 Å². The van der Waals surface area contributed by atoms with E-state index >= 15 is 0 Å². The highest BCUT2D eigenvalue weighted by Crippen LogP contribution is 2.30. The van der Waals surface area contributed by atoms with Crippen LogP contribution in [-0.4, -0.2) is 58.9 Å². The molecule has 0 saturated carbocycles. The summed E-state index contributed by atoms with van der Waals surface area (Å²) in [6.45, 7) is 1.37. The molecular weight excluding hydrogens is 380 g/mol. The normalized spacial score (nSPS) is 23.8. The first-order valence-corrected chi connectivity index (χ1v) is 10.1. The van der Waals surface area contributed by atoms with Crippen molar-refractivity contribution in [2.45, 2.75) is 31.0 Å². The first-order chi connectivity index (χ1) is 14.6. The van der Waals surface area contributed by atoms with Crippen LogP contribution in [0.1, 0.15) is 28.9 Å². The second kappa shape index (κ2) is 7.56. The number of hydrogen-bond donors (Lipinski definition) is 0. The highest BCUT2D eigenvalue weighted by Gasteiger charge is 2.38. The lowest BCUT2D eigenvalue weighted by atomic mass is 9.92. The molecule has 2 atom stereocenters. The van der Waals surface area contributed by atoms with Gasteiger partial charge in [0.05, 0.1) is 24.3 Å². The second-order valence-electron chi connectivity index (χ2n) is 7.95. The largest absolute Gasteiger partial charge is 0.459 e. The van der Waals surface area contributed by atoms with Crippen LogP contribution in [0.4, 0.5) is 0 Å². The van der Waals surface area contributed by atoms with E-state index in [-0.39, 0.29) is 24.2 Å². The Labute approximate surface area is 174 Å². The molecule has 0 aliphatic carbocycles. The number of rotatable bonds is 3. The van der Waals surface area contributed by atoms with Gasteiger partial charge in [-0.25, -0.2) is 9.78 Å². The quantitative estimate of drug-likeness (QED) is 0.627. The van der Waals surface area contributed by atoms with E-state index in [0.29, 0.717) is 24.5 Å². The number of benzene rings is 1. The van der Waals surface area contributed by atoms with Crippen LogP contribution in [0.15, 0.2) is 48.8 Å². The van der Waals surface area contributed by atoms with Crippen molar-refractivity contribution >= 4 is 16.9 Å². The highest BCUT2D eigenvalue weighted by molar-refractivity contribution is 6.05. The minimum absolute atomic E-state index is 0.110. The van der Waals surface area contributed by atoms with Crippen LogP contribution >= 0.6 is 0 Å². The number of likely N-dealkylation sites (N-methyl/N-ethyl adjacent to an activating group) is 1. The molecule has 2 bridgehead atoms. The molecule has 7 nitrogen and oxygen atoms in total. The molecule has 0 radical (unpaired) electrons. The number of esters is 1. The monoisotopic (exact) mass is 402 g/mol. The highest BCUT2D eigenvalue weighted by atomic mass is 16.5. The molecule has 2 aliphatic heterocycles. The fraction of sp³-hybridized carbons (Fsp3) is 0.348. The van der Waals surface area contributed by atoms with Crippen LogP contribution in [0.25, 0.3) is 16.6 Å². The van der Waals surface area contributed by atoms with Crippen LogP contribution in [0.2, 0.25) is 0 Å². The zero-order chi connectivity index (χ0) is 20.7. The first-order valence-electron chi connectivity index (χ1n) is 10.1. The molecule has 0 amide bonds. The van der Waals surface area contributed by atoms with Gasteiger partial charge in [-0.15, -0.1) is 0 Å². The number of ether oxygens (including phenoxy) is 2. The number of pyridine rings is 1. The van der Waals surface area contributed by atoms with Crippen molar-refractivity contribution < 1.29 is 14.3 Å². The van der Waals surface area contributed by atoms with Gasteiger partial charge in [0, 0.05) is 48.4 Å². The molecule has 0 spiro atoms. The summed E-state index contributed by atoms with van der Waals surface area (Å²) in [6.07, 6.45) is 4.85. The van der Waals surface area contributed by atoms with Crippen molar-refractivity contribution in [3.8, 4) is 11.8 Å². The number of carbonyl (C=O) groups is 1. The van der Waals surface area contributed by atoms with Crippen LogP contribution in [0, 0.1) is 11.3 Å². The lowest BCUT2D eigenvalue weighted by Gasteiger charge is -2.46. The smallest absolute Gasteiger partial charge is 0.340 e. The van der Waals surface area contributed by atoms with E-state index in [2.05, 4.69) is 23.0 Å². The zero-order valence-electron chi connectivity index (χ0n) is 16.7. The van der Waals surface area contributed by atoms with Crippen molar-refractivity contribution in [1.29, 1.82) is 5.26 Å². The molecule has 2 fully saturated rings. The molecule has 30 heavy (non-hydrogen) atoms. The Morgan fingerprint density at radius 1 is 1.23 bits per heavy atom. The maximum atomic E-state index is 13.2. The molecule has 152 valence electrons. The van der Waals surface area contributed by atoms with Gasteiger partial charge in [0.25, 0.3) is 0 Å². The predicted molar refractivity (Wildman–Crippen MR) is 110 cm³/mol. The van der Waals surface area contributed by atoms with E-state index in [1.807, 2.05) is 34.9 Å². The number of aromatic nitrogens is 2.